The molecule has 2 rings (SSSR count). The van der Waals surface area contributed by atoms with Gasteiger partial charge in [0.1, 0.15) is 0 Å². The van der Waals surface area contributed by atoms with Crippen molar-refractivity contribution in [3.05, 3.63) is 58.7 Å². The maximum atomic E-state index is 12.9. The largest absolute Gasteiger partial charge is 0.478 e. The Morgan fingerprint density at radius 3 is 2.24 bits per heavy atom. The normalized spacial score (nSPS) is 12.0. The molecule has 5 nitrogen and oxygen atoms in total. The Morgan fingerprint density at radius 2 is 1.68 bits per heavy atom. The lowest BCUT2D eigenvalue weighted by Gasteiger charge is -2.22. The lowest BCUT2D eigenvalue weighted by Crippen LogP contribution is -2.19. The van der Waals surface area contributed by atoms with Gasteiger partial charge >= 0.3 is 5.97 Å². The number of carbonyl (C=O) groups is 1. The van der Waals surface area contributed by atoms with Gasteiger partial charge in [-0.05, 0) is 54.2 Å². The molecule has 0 aliphatic heterocycles. The smallest absolute Gasteiger partial charge is 0.337 e. The van der Waals surface area contributed by atoms with Gasteiger partial charge in [-0.25, -0.2) is 13.2 Å². The molecule has 0 heterocycles. The van der Waals surface area contributed by atoms with E-state index in [1.165, 1.54) is 12.1 Å². The zero-order valence-corrected chi connectivity index (χ0v) is 15.9. The number of aryl methyl sites for hydroxylation is 1. The molecule has 2 aromatic rings. The van der Waals surface area contributed by atoms with Crippen molar-refractivity contribution in [3.8, 4) is 0 Å². The van der Waals surface area contributed by atoms with Crippen LogP contribution in [0, 0.1) is 13.8 Å². The van der Waals surface area contributed by atoms with Crippen molar-refractivity contribution >= 4 is 21.7 Å². The van der Waals surface area contributed by atoms with Crippen molar-refractivity contribution in [2.45, 2.75) is 44.9 Å². The van der Waals surface area contributed by atoms with Crippen molar-refractivity contribution in [2.75, 3.05) is 4.72 Å². The standard InChI is InChI=1S/C19H23NO4S/c1-12-10-14(19(3,4)5)11-17(13(12)2)25(23,24)20-16-9-7-6-8-15(16)18(21)22/h6-11,20H,1-5H3,(H,21,22). The summed E-state index contributed by atoms with van der Waals surface area (Å²) in [4.78, 5) is 11.5. The Kier molecular flexibility index (Phi) is 4.95. The van der Waals surface area contributed by atoms with E-state index >= 15 is 0 Å². The third-order valence-electron chi connectivity index (χ3n) is 4.18. The average Bonchev–Trinajstić information content (AvgIpc) is 2.48. The highest BCUT2D eigenvalue weighted by Crippen LogP contribution is 2.30. The molecule has 0 radical (unpaired) electrons. The number of sulfonamides is 1. The van der Waals surface area contributed by atoms with Crippen molar-refractivity contribution in [3.63, 3.8) is 0 Å². The first-order chi connectivity index (χ1) is 11.4. The molecular weight excluding hydrogens is 338 g/mol. The summed E-state index contributed by atoms with van der Waals surface area (Å²) in [7, 11) is -3.92. The fourth-order valence-electron chi connectivity index (χ4n) is 2.50. The van der Waals surface area contributed by atoms with E-state index in [1.807, 2.05) is 33.8 Å². The van der Waals surface area contributed by atoms with Crippen LogP contribution in [0.15, 0.2) is 41.3 Å². The van der Waals surface area contributed by atoms with Crippen LogP contribution in [0.1, 0.15) is 47.8 Å². The minimum Gasteiger partial charge on any atom is -0.478 e. The molecule has 0 unspecified atom stereocenters. The van der Waals surface area contributed by atoms with E-state index in [2.05, 4.69) is 4.72 Å². The van der Waals surface area contributed by atoms with Gasteiger partial charge in [0.2, 0.25) is 0 Å². The van der Waals surface area contributed by atoms with Crippen LogP contribution >= 0.6 is 0 Å². The molecule has 0 spiro atoms. The average molecular weight is 361 g/mol. The molecule has 0 aliphatic rings. The first kappa shape index (κ1) is 19.0. The quantitative estimate of drug-likeness (QED) is 0.859. The first-order valence-corrected chi connectivity index (χ1v) is 9.38. The van der Waals surface area contributed by atoms with Crippen LogP contribution in [0.2, 0.25) is 0 Å². The number of benzene rings is 2. The third-order valence-corrected chi connectivity index (χ3v) is 5.67. The third kappa shape index (κ3) is 4.02. The maximum absolute atomic E-state index is 12.9. The van der Waals surface area contributed by atoms with Gasteiger partial charge in [0.05, 0.1) is 16.1 Å². The SMILES string of the molecule is Cc1cc(C(C)(C)C)cc(S(=O)(=O)Nc2ccccc2C(=O)O)c1C. The monoisotopic (exact) mass is 361 g/mol. The van der Waals surface area contributed by atoms with Gasteiger partial charge in [0.25, 0.3) is 10.0 Å². The molecule has 2 N–H and O–H groups in total. The highest BCUT2D eigenvalue weighted by atomic mass is 32.2. The summed E-state index contributed by atoms with van der Waals surface area (Å²) >= 11 is 0. The second kappa shape index (κ2) is 6.52. The van der Waals surface area contributed by atoms with E-state index in [9.17, 15) is 18.3 Å². The molecule has 6 heteroatoms. The topological polar surface area (TPSA) is 83.5 Å². The fraction of sp³-hybridized carbons (Fsp3) is 0.316. The number of nitrogens with one attached hydrogen (secondary N) is 1. The number of aromatic carboxylic acids is 1. The van der Waals surface area contributed by atoms with Gasteiger partial charge in [-0.3, -0.25) is 4.72 Å². The van der Waals surface area contributed by atoms with Gasteiger partial charge in [0, 0.05) is 0 Å². The van der Waals surface area contributed by atoms with Crippen LogP contribution in [0.25, 0.3) is 0 Å². The number of hydrogen-bond acceptors (Lipinski definition) is 3. The number of hydrogen-bond donors (Lipinski definition) is 2. The molecule has 134 valence electrons. The molecule has 0 bridgehead atoms. The molecule has 2 aromatic carbocycles. The molecule has 0 aliphatic carbocycles. The number of carboxylic acid groups (broad SMARTS) is 1. The Hall–Kier alpha value is -2.34. The summed E-state index contributed by atoms with van der Waals surface area (Å²) in [6, 6.07) is 9.60. The molecule has 0 atom stereocenters. The van der Waals surface area contributed by atoms with E-state index in [0.717, 1.165) is 11.1 Å². The van der Waals surface area contributed by atoms with Gasteiger partial charge in [-0.2, -0.15) is 0 Å². The number of carboxylic acids is 1. The number of anilines is 1. The lowest BCUT2D eigenvalue weighted by atomic mass is 9.85. The summed E-state index contributed by atoms with van der Waals surface area (Å²) in [6.45, 7) is 9.66. The summed E-state index contributed by atoms with van der Waals surface area (Å²) in [6.07, 6.45) is 0. The molecule has 25 heavy (non-hydrogen) atoms. The summed E-state index contributed by atoms with van der Waals surface area (Å²) in [5.74, 6) is -1.19. The van der Waals surface area contributed by atoms with Crippen molar-refractivity contribution < 1.29 is 18.3 Å². The van der Waals surface area contributed by atoms with Crippen molar-refractivity contribution in [2.24, 2.45) is 0 Å². The fourth-order valence-corrected chi connectivity index (χ4v) is 3.92. The van der Waals surface area contributed by atoms with Crippen molar-refractivity contribution in [1.29, 1.82) is 0 Å². The van der Waals surface area contributed by atoms with E-state index in [4.69, 9.17) is 0 Å². The second-order valence-electron chi connectivity index (χ2n) is 7.12. The van der Waals surface area contributed by atoms with Gasteiger partial charge < -0.3 is 5.11 Å². The van der Waals surface area contributed by atoms with Crippen molar-refractivity contribution in [1.82, 2.24) is 0 Å². The lowest BCUT2D eigenvalue weighted by molar-refractivity contribution is 0.0698. The van der Waals surface area contributed by atoms with Crippen LogP contribution < -0.4 is 4.72 Å². The number of para-hydroxylation sites is 1. The van der Waals surface area contributed by atoms with Gasteiger partial charge in [-0.1, -0.05) is 39.0 Å². The summed E-state index contributed by atoms with van der Waals surface area (Å²) in [5.41, 5.74) is 2.18. The minimum atomic E-state index is -3.92. The molecule has 0 aromatic heterocycles. The molecule has 0 saturated carbocycles. The van der Waals surface area contributed by atoms with Crippen LogP contribution in [0.3, 0.4) is 0 Å². The summed E-state index contributed by atoms with van der Waals surface area (Å²) in [5, 5.41) is 9.25. The second-order valence-corrected chi connectivity index (χ2v) is 8.77. The van der Waals surface area contributed by atoms with E-state index in [0.29, 0.717) is 5.56 Å². The van der Waals surface area contributed by atoms with E-state index < -0.39 is 16.0 Å². The summed E-state index contributed by atoms with van der Waals surface area (Å²) < 4.78 is 28.3. The van der Waals surface area contributed by atoms with Gasteiger partial charge in [-0.15, -0.1) is 0 Å². The van der Waals surface area contributed by atoms with E-state index in [-0.39, 0.29) is 21.6 Å². The van der Waals surface area contributed by atoms with Gasteiger partial charge in [0.15, 0.2) is 0 Å². The Morgan fingerprint density at radius 1 is 1.08 bits per heavy atom. The predicted molar refractivity (Wildman–Crippen MR) is 98.8 cm³/mol. The first-order valence-electron chi connectivity index (χ1n) is 7.90. The van der Waals surface area contributed by atoms with Crippen LogP contribution in [0.5, 0.6) is 0 Å². The Labute approximate surface area is 148 Å². The van der Waals surface area contributed by atoms with Crippen LogP contribution in [0.4, 0.5) is 5.69 Å². The zero-order valence-electron chi connectivity index (χ0n) is 15.0. The molecule has 0 amide bonds. The molecular formula is C19H23NO4S. The Balaban J connectivity index is 2.58. The molecule has 0 fully saturated rings. The van der Waals surface area contributed by atoms with Crippen LogP contribution in [-0.4, -0.2) is 19.5 Å². The highest BCUT2D eigenvalue weighted by Gasteiger charge is 2.24. The van der Waals surface area contributed by atoms with Crippen LogP contribution in [-0.2, 0) is 15.4 Å². The highest BCUT2D eigenvalue weighted by molar-refractivity contribution is 7.92. The zero-order chi connectivity index (χ0) is 19.0. The Bertz CT molecular complexity index is 925. The maximum Gasteiger partial charge on any atom is 0.337 e. The minimum absolute atomic E-state index is 0.0493. The predicted octanol–water partition coefficient (Wildman–Crippen LogP) is 4.10. The number of rotatable bonds is 4. The molecule has 0 saturated heterocycles. The van der Waals surface area contributed by atoms with E-state index in [1.54, 1.807) is 25.1 Å².